The summed E-state index contributed by atoms with van der Waals surface area (Å²) in [6.45, 7) is 4.00. The predicted molar refractivity (Wildman–Crippen MR) is 96.1 cm³/mol. The molecule has 0 unspecified atom stereocenters. The maximum Gasteiger partial charge on any atom is 0.0355 e. The summed E-state index contributed by atoms with van der Waals surface area (Å²) in [7, 11) is 0. The number of thiophene rings is 1. The van der Waals surface area contributed by atoms with Gasteiger partial charge in [0.15, 0.2) is 0 Å². The molecule has 21 heavy (non-hydrogen) atoms. The van der Waals surface area contributed by atoms with E-state index in [2.05, 4.69) is 72.8 Å². The Morgan fingerprint density at radius 2 is 1.24 bits per heavy atom. The highest BCUT2D eigenvalue weighted by molar-refractivity contribution is 7.25. The first kappa shape index (κ1) is 13.8. The van der Waals surface area contributed by atoms with E-state index in [0.717, 1.165) is 0 Å². The van der Waals surface area contributed by atoms with E-state index in [-0.39, 0.29) is 0 Å². The van der Waals surface area contributed by atoms with Crippen LogP contribution in [0.2, 0.25) is 0 Å². The average Bonchev–Trinajstić information content (AvgIpc) is 2.95. The molecular formula is C20H18S. The molecule has 0 aliphatic heterocycles. The smallest absolute Gasteiger partial charge is 0.0355 e. The van der Waals surface area contributed by atoms with Crippen LogP contribution in [-0.4, -0.2) is 0 Å². The first-order valence-electron chi connectivity index (χ1n) is 7.38. The van der Waals surface area contributed by atoms with Crippen molar-refractivity contribution in [3.63, 3.8) is 0 Å². The number of rotatable bonds is 1. The third-order valence-electron chi connectivity index (χ3n) is 3.48. The Morgan fingerprint density at radius 3 is 2.05 bits per heavy atom. The van der Waals surface area contributed by atoms with E-state index in [1.165, 1.54) is 31.3 Å². The van der Waals surface area contributed by atoms with E-state index < -0.39 is 0 Å². The van der Waals surface area contributed by atoms with E-state index in [1.54, 1.807) is 0 Å². The Morgan fingerprint density at radius 1 is 0.571 bits per heavy atom. The van der Waals surface area contributed by atoms with Gasteiger partial charge in [0, 0.05) is 20.2 Å². The van der Waals surface area contributed by atoms with Gasteiger partial charge in [0.1, 0.15) is 0 Å². The normalized spacial score (nSPS) is 10.4. The van der Waals surface area contributed by atoms with Gasteiger partial charge in [-0.05, 0) is 29.3 Å². The zero-order valence-electron chi connectivity index (χ0n) is 12.3. The molecule has 0 saturated carbocycles. The highest BCUT2D eigenvalue weighted by atomic mass is 32.1. The molecule has 3 aromatic carbocycles. The highest BCUT2D eigenvalue weighted by Gasteiger charge is 2.05. The lowest BCUT2D eigenvalue weighted by atomic mass is 10.0. The lowest BCUT2D eigenvalue weighted by molar-refractivity contribution is 1.50. The summed E-state index contributed by atoms with van der Waals surface area (Å²) in [6, 6.07) is 26.0. The molecule has 0 radical (unpaired) electrons. The molecule has 0 bridgehead atoms. The molecule has 0 spiro atoms. The van der Waals surface area contributed by atoms with Crippen LogP contribution in [-0.2, 0) is 0 Å². The van der Waals surface area contributed by atoms with Crippen molar-refractivity contribution in [1.82, 2.24) is 0 Å². The van der Waals surface area contributed by atoms with Crippen LogP contribution >= 0.6 is 11.3 Å². The van der Waals surface area contributed by atoms with Crippen molar-refractivity contribution in [2.24, 2.45) is 0 Å². The molecule has 1 heteroatoms. The lowest BCUT2D eigenvalue weighted by Gasteiger charge is -2.01. The molecule has 1 heterocycles. The quantitative estimate of drug-likeness (QED) is 0.364. The van der Waals surface area contributed by atoms with Gasteiger partial charge in [-0.3, -0.25) is 0 Å². The van der Waals surface area contributed by atoms with Crippen LogP contribution < -0.4 is 0 Å². The van der Waals surface area contributed by atoms with Crippen molar-refractivity contribution in [3.8, 4) is 11.1 Å². The second-order valence-electron chi connectivity index (χ2n) is 4.68. The summed E-state index contributed by atoms with van der Waals surface area (Å²) < 4.78 is 2.73. The van der Waals surface area contributed by atoms with Crippen molar-refractivity contribution in [2.75, 3.05) is 0 Å². The van der Waals surface area contributed by atoms with Crippen molar-refractivity contribution in [1.29, 1.82) is 0 Å². The fraction of sp³-hybridized carbons (Fsp3) is 0.100. The summed E-state index contributed by atoms with van der Waals surface area (Å²) in [4.78, 5) is 0. The van der Waals surface area contributed by atoms with Crippen molar-refractivity contribution in [2.45, 2.75) is 13.8 Å². The number of fused-ring (bicyclic) bond motifs is 3. The molecule has 1 aromatic heterocycles. The lowest BCUT2D eigenvalue weighted by Crippen LogP contribution is -1.76. The van der Waals surface area contributed by atoms with E-state index in [1.807, 2.05) is 25.2 Å². The van der Waals surface area contributed by atoms with Gasteiger partial charge in [-0.2, -0.15) is 0 Å². The maximum atomic E-state index is 2.31. The van der Waals surface area contributed by atoms with Crippen LogP contribution in [0.5, 0.6) is 0 Å². The minimum absolute atomic E-state index is 1.28. The number of hydrogen-bond acceptors (Lipinski definition) is 1. The van der Waals surface area contributed by atoms with Crippen molar-refractivity contribution in [3.05, 3.63) is 72.8 Å². The molecule has 0 aliphatic carbocycles. The first-order valence-corrected chi connectivity index (χ1v) is 8.20. The molecule has 0 nitrogen and oxygen atoms in total. The van der Waals surface area contributed by atoms with Crippen LogP contribution in [0.15, 0.2) is 72.8 Å². The second-order valence-corrected chi connectivity index (χ2v) is 5.76. The largest absolute Gasteiger partial charge is 0.135 e. The van der Waals surface area contributed by atoms with Gasteiger partial charge in [0.05, 0.1) is 0 Å². The molecule has 0 N–H and O–H groups in total. The maximum absolute atomic E-state index is 2.31. The standard InChI is InChI=1S/C18H12S.C2H6/c1-2-6-13(7-3-1)14-10-11-18-16(12-14)15-8-4-5-9-17(15)19-18;1-2/h1-12H;1-2H3. The summed E-state index contributed by atoms with van der Waals surface area (Å²) in [5, 5.41) is 2.72. The highest BCUT2D eigenvalue weighted by Crippen LogP contribution is 2.35. The Labute approximate surface area is 129 Å². The summed E-state index contributed by atoms with van der Waals surface area (Å²) >= 11 is 1.87. The molecule has 0 fully saturated rings. The summed E-state index contributed by atoms with van der Waals surface area (Å²) in [6.07, 6.45) is 0. The van der Waals surface area contributed by atoms with E-state index in [4.69, 9.17) is 0 Å². The van der Waals surface area contributed by atoms with E-state index in [9.17, 15) is 0 Å². The Kier molecular flexibility index (Phi) is 4.03. The Hall–Kier alpha value is -2.12. The van der Waals surface area contributed by atoms with Gasteiger partial charge in [-0.25, -0.2) is 0 Å². The molecule has 4 rings (SSSR count). The topological polar surface area (TPSA) is 0 Å². The van der Waals surface area contributed by atoms with Gasteiger partial charge >= 0.3 is 0 Å². The van der Waals surface area contributed by atoms with Crippen LogP contribution in [0.1, 0.15) is 13.8 Å². The minimum Gasteiger partial charge on any atom is -0.135 e. The fourth-order valence-electron chi connectivity index (χ4n) is 2.54. The zero-order chi connectivity index (χ0) is 14.7. The van der Waals surface area contributed by atoms with Crippen LogP contribution in [0.3, 0.4) is 0 Å². The zero-order valence-corrected chi connectivity index (χ0v) is 13.2. The Bertz CT molecular complexity index is 857. The SMILES string of the molecule is CC.c1ccc(-c2ccc3sc4ccccc4c3c2)cc1. The Balaban J connectivity index is 0.000000636. The number of hydrogen-bond donors (Lipinski definition) is 0. The van der Waals surface area contributed by atoms with Gasteiger partial charge in [0.2, 0.25) is 0 Å². The average molecular weight is 290 g/mol. The van der Waals surface area contributed by atoms with Gasteiger partial charge in [-0.1, -0.05) is 68.4 Å². The third-order valence-corrected chi connectivity index (χ3v) is 4.64. The number of benzene rings is 3. The molecular weight excluding hydrogens is 272 g/mol. The van der Waals surface area contributed by atoms with E-state index in [0.29, 0.717) is 0 Å². The van der Waals surface area contributed by atoms with Crippen molar-refractivity contribution >= 4 is 31.5 Å². The van der Waals surface area contributed by atoms with Gasteiger partial charge < -0.3 is 0 Å². The minimum atomic E-state index is 1.28. The molecule has 0 atom stereocenters. The summed E-state index contributed by atoms with van der Waals surface area (Å²) in [5.41, 5.74) is 2.57. The molecule has 104 valence electrons. The van der Waals surface area contributed by atoms with Crippen LogP contribution in [0.4, 0.5) is 0 Å². The fourth-order valence-corrected chi connectivity index (χ4v) is 3.62. The van der Waals surface area contributed by atoms with Crippen LogP contribution in [0.25, 0.3) is 31.3 Å². The molecule has 4 aromatic rings. The van der Waals surface area contributed by atoms with Crippen LogP contribution in [0, 0.1) is 0 Å². The molecule has 0 saturated heterocycles. The monoisotopic (exact) mass is 290 g/mol. The van der Waals surface area contributed by atoms with E-state index >= 15 is 0 Å². The second kappa shape index (κ2) is 6.11. The molecule has 0 aliphatic rings. The molecule has 0 amide bonds. The van der Waals surface area contributed by atoms with Crippen molar-refractivity contribution < 1.29 is 0 Å². The summed E-state index contributed by atoms with van der Waals surface area (Å²) in [5.74, 6) is 0. The first-order chi connectivity index (χ1) is 10.4. The van der Waals surface area contributed by atoms with Gasteiger partial charge in [-0.15, -0.1) is 11.3 Å². The van der Waals surface area contributed by atoms with Gasteiger partial charge in [0.25, 0.3) is 0 Å². The predicted octanol–water partition coefficient (Wildman–Crippen LogP) is 6.75. The third kappa shape index (κ3) is 2.57.